The Labute approximate surface area is 249 Å². The van der Waals surface area contributed by atoms with Crippen LogP contribution in [-0.4, -0.2) is 29.3 Å². The third kappa shape index (κ3) is 7.51. The molecule has 1 fully saturated rings. The van der Waals surface area contributed by atoms with Crippen LogP contribution >= 0.6 is 0 Å². The van der Waals surface area contributed by atoms with Gasteiger partial charge in [0.25, 0.3) is 0 Å². The minimum Gasteiger partial charge on any atom is -0.447 e. The van der Waals surface area contributed by atoms with Gasteiger partial charge in [-0.15, -0.1) is 0 Å². The molecule has 0 aromatic carbocycles. The third-order valence-corrected chi connectivity index (χ3v) is 10.9. The summed E-state index contributed by atoms with van der Waals surface area (Å²) in [5.74, 6) is -0.352. The first-order valence-electron chi connectivity index (χ1n) is 15.6. The molecule has 6 nitrogen and oxygen atoms in total. The number of ether oxygens (including phenoxy) is 1. The fourth-order valence-electron chi connectivity index (χ4n) is 7.13. The molecule has 5 atom stereocenters. The zero-order valence-electron chi connectivity index (χ0n) is 27.9. The molecule has 2 rings (SSSR count). The standard InChI is InChI=1S/C35H56N2O4/c1-13-31(6,7)16-18-33(10,37-30(40)41-23(2)3)19-17-32(8,9)35(12)15-14-27-25(5)29(39)26(22-36)21-34(27,11)28(35)20-24(4)38/h20-21,23,25,27H,13-19H2,1-12H3,(H,37,40)/b28-20-/t25-,27-,33-,34-,35+/m0/s1. The second kappa shape index (κ2) is 12.4. The minimum absolute atomic E-state index is 0.0231. The molecule has 0 unspecified atom stereocenters. The van der Waals surface area contributed by atoms with E-state index >= 15 is 0 Å². The lowest BCUT2D eigenvalue weighted by Gasteiger charge is -2.59. The zero-order chi connectivity index (χ0) is 31.6. The number of nitrogens with zero attached hydrogens (tertiary/aromatic N) is 1. The summed E-state index contributed by atoms with van der Waals surface area (Å²) in [4.78, 5) is 38.4. The van der Waals surface area contributed by atoms with Crippen molar-refractivity contribution in [2.75, 3.05) is 0 Å². The van der Waals surface area contributed by atoms with E-state index in [2.05, 4.69) is 66.8 Å². The number of rotatable bonds is 11. The number of Topliss-reactive ketones (excluding diaryl/α,β-unsaturated/α-hetero) is 1. The molecule has 2 aliphatic rings. The van der Waals surface area contributed by atoms with E-state index in [0.29, 0.717) is 0 Å². The Morgan fingerprint density at radius 2 is 1.73 bits per heavy atom. The van der Waals surface area contributed by atoms with Gasteiger partial charge in [0.05, 0.1) is 11.7 Å². The van der Waals surface area contributed by atoms with Gasteiger partial charge in [-0.05, 0) is 94.5 Å². The van der Waals surface area contributed by atoms with Crippen LogP contribution in [0, 0.1) is 44.8 Å². The fraction of sp³-hybridized carbons (Fsp3) is 0.771. The van der Waals surface area contributed by atoms with Crippen molar-refractivity contribution >= 4 is 17.7 Å². The first-order chi connectivity index (χ1) is 18.7. The third-order valence-electron chi connectivity index (χ3n) is 10.9. The second-order valence-electron chi connectivity index (χ2n) is 15.3. The topological polar surface area (TPSA) is 96.3 Å². The highest BCUT2D eigenvalue weighted by Gasteiger charge is 2.58. The summed E-state index contributed by atoms with van der Waals surface area (Å²) in [5, 5.41) is 13.0. The molecule has 0 spiro atoms. The molecular formula is C35H56N2O4. The van der Waals surface area contributed by atoms with E-state index in [1.807, 2.05) is 26.8 Å². The number of carbonyl (C=O) groups excluding carboxylic acids is 3. The molecule has 230 valence electrons. The van der Waals surface area contributed by atoms with Crippen LogP contribution in [0.5, 0.6) is 0 Å². The Morgan fingerprint density at radius 3 is 2.24 bits per heavy atom. The highest BCUT2D eigenvalue weighted by Crippen LogP contribution is 2.65. The maximum atomic E-state index is 12.9. The highest BCUT2D eigenvalue weighted by molar-refractivity contribution is 6.02. The Bertz CT molecular complexity index is 1120. The summed E-state index contributed by atoms with van der Waals surface area (Å²) in [7, 11) is 0. The molecule has 6 heteroatoms. The van der Waals surface area contributed by atoms with Crippen LogP contribution in [0.15, 0.2) is 23.3 Å². The van der Waals surface area contributed by atoms with Gasteiger partial charge in [0.1, 0.15) is 6.07 Å². The molecule has 1 N–H and O–H groups in total. The van der Waals surface area contributed by atoms with Crippen molar-refractivity contribution in [1.29, 1.82) is 5.26 Å². The number of hydrogen-bond acceptors (Lipinski definition) is 5. The van der Waals surface area contributed by atoms with Gasteiger partial charge in [-0.3, -0.25) is 9.59 Å². The molecule has 0 aromatic heterocycles. The van der Waals surface area contributed by atoms with Gasteiger partial charge in [-0.25, -0.2) is 4.79 Å². The van der Waals surface area contributed by atoms with Gasteiger partial charge in [0.2, 0.25) is 0 Å². The van der Waals surface area contributed by atoms with Crippen molar-refractivity contribution in [2.24, 2.45) is 33.5 Å². The number of nitrogens with one attached hydrogen (secondary N) is 1. The predicted molar refractivity (Wildman–Crippen MR) is 165 cm³/mol. The monoisotopic (exact) mass is 568 g/mol. The molecule has 0 aliphatic heterocycles. The molecule has 0 aromatic rings. The number of hydrogen-bond donors (Lipinski definition) is 1. The van der Waals surface area contributed by atoms with Crippen molar-refractivity contribution in [3.8, 4) is 6.07 Å². The van der Waals surface area contributed by atoms with E-state index in [-0.39, 0.29) is 57.4 Å². The SMILES string of the molecule is CCC(C)(C)CC[C@@](C)(CCC(C)(C)[C@]1(C)CC[C@H]2[C@H](C)C(=O)C(C#N)=C[C@]2(C)/C1=C/C(C)=O)NC(=O)OC(C)C. The minimum atomic E-state index is -0.567. The summed E-state index contributed by atoms with van der Waals surface area (Å²) in [5.41, 5.74) is -0.253. The van der Waals surface area contributed by atoms with E-state index in [1.165, 1.54) is 0 Å². The van der Waals surface area contributed by atoms with Gasteiger partial charge in [0, 0.05) is 16.9 Å². The van der Waals surface area contributed by atoms with E-state index in [9.17, 15) is 19.6 Å². The van der Waals surface area contributed by atoms with Gasteiger partial charge < -0.3 is 10.1 Å². The van der Waals surface area contributed by atoms with E-state index in [4.69, 9.17) is 4.74 Å². The van der Waals surface area contributed by atoms with Gasteiger partial charge >= 0.3 is 6.09 Å². The first-order valence-corrected chi connectivity index (χ1v) is 15.6. The van der Waals surface area contributed by atoms with Crippen molar-refractivity contribution in [3.63, 3.8) is 0 Å². The maximum absolute atomic E-state index is 12.9. The lowest BCUT2D eigenvalue weighted by molar-refractivity contribution is -0.123. The van der Waals surface area contributed by atoms with Crippen LogP contribution < -0.4 is 5.32 Å². The number of fused-ring (bicyclic) bond motifs is 1. The van der Waals surface area contributed by atoms with Crippen LogP contribution in [-0.2, 0) is 14.3 Å². The van der Waals surface area contributed by atoms with Crippen molar-refractivity contribution in [2.45, 2.75) is 140 Å². The highest BCUT2D eigenvalue weighted by atomic mass is 16.6. The zero-order valence-corrected chi connectivity index (χ0v) is 27.9. The second-order valence-corrected chi connectivity index (χ2v) is 15.3. The van der Waals surface area contributed by atoms with Crippen molar-refractivity contribution in [3.05, 3.63) is 23.3 Å². The van der Waals surface area contributed by atoms with Crippen LogP contribution in [0.25, 0.3) is 0 Å². The summed E-state index contributed by atoms with van der Waals surface area (Å²) in [6, 6.07) is 2.14. The number of ketones is 2. The van der Waals surface area contributed by atoms with Crippen LogP contribution in [0.3, 0.4) is 0 Å². The Morgan fingerprint density at radius 1 is 1.15 bits per heavy atom. The van der Waals surface area contributed by atoms with Crippen LogP contribution in [0.4, 0.5) is 4.79 Å². The van der Waals surface area contributed by atoms with Crippen LogP contribution in [0.1, 0.15) is 128 Å². The number of carbonyl (C=O) groups is 3. The fourth-order valence-corrected chi connectivity index (χ4v) is 7.13. The molecule has 0 radical (unpaired) electrons. The van der Waals surface area contributed by atoms with E-state index in [1.54, 1.807) is 13.0 Å². The van der Waals surface area contributed by atoms with Crippen LogP contribution in [0.2, 0.25) is 0 Å². The van der Waals surface area contributed by atoms with E-state index < -0.39 is 11.0 Å². The number of allylic oxidation sites excluding steroid dienone is 4. The van der Waals surface area contributed by atoms with Crippen molar-refractivity contribution < 1.29 is 19.1 Å². The number of alkyl carbamates (subject to hydrolysis) is 1. The summed E-state index contributed by atoms with van der Waals surface area (Å²) < 4.78 is 5.49. The number of amides is 1. The van der Waals surface area contributed by atoms with Gasteiger partial charge in [-0.2, -0.15) is 5.26 Å². The lowest BCUT2D eigenvalue weighted by Crippen LogP contribution is -2.53. The Kier molecular flexibility index (Phi) is 10.6. The number of nitriles is 1. The predicted octanol–water partition coefficient (Wildman–Crippen LogP) is 8.51. The molecule has 41 heavy (non-hydrogen) atoms. The molecule has 1 saturated carbocycles. The van der Waals surface area contributed by atoms with Gasteiger partial charge in [0.15, 0.2) is 11.6 Å². The van der Waals surface area contributed by atoms with Gasteiger partial charge in [-0.1, -0.05) is 73.5 Å². The quantitative estimate of drug-likeness (QED) is 0.252. The Hall–Kier alpha value is -2.42. The summed E-state index contributed by atoms with van der Waals surface area (Å²) in [6.45, 7) is 25.0. The van der Waals surface area contributed by atoms with E-state index in [0.717, 1.165) is 50.5 Å². The summed E-state index contributed by atoms with van der Waals surface area (Å²) >= 11 is 0. The maximum Gasteiger partial charge on any atom is 0.407 e. The molecule has 2 aliphatic carbocycles. The molecule has 0 heterocycles. The molecule has 0 bridgehead atoms. The average Bonchev–Trinajstić information content (AvgIpc) is 2.85. The average molecular weight is 569 g/mol. The largest absolute Gasteiger partial charge is 0.447 e. The smallest absolute Gasteiger partial charge is 0.407 e. The lowest BCUT2D eigenvalue weighted by atomic mass is 9.44. The summed E-state index contributed by atoms with van der Waals surface area (Å²) in [6.07, 6.45) is 9.16. The first kappa shape index (κ1) is 34.8. The van der Waals surface area contributed by atoms with Crippen molar-refractivity contribution in [1.82, 2.24) is 5.32 Å². The normalized spacial score (nSPS) is 29.3. The molecule has 0 saturated heterocycles. The molecule has 1 amide bonds. The molecular weight excluding hydrogens is 512 g/mol. The Balaban J connectivity index is 2.50.